The Morgan fingerprint density at radius 2 is 1.46 bits per heavy atom. The summed E-state index contributed by atoms with van der Waals surface area (Å²) in [6.07, 6.45) is 0. The van der Waals surface area contributed by atoms with Gasteiger partial charge in [-0.25, -0.2) is 4.90 Å². The summed E-state index contributed by atoms with van der Waals surface area (Å²) in [5.74, 6) is -2.57. The first-order valence-corrected chi connectivity index (χ1v) is 8.31. The van der Waals surface area contributed by atoms with Gasteiger partial charge in [0.25, 0.3) is 0 Å². The van der Waals surface area contributed by atoms with Gasteiger partial charge < -0.3 is 0 Å². The largest absolute Gasteiger partial charge is 0.289 e. The van der Waals surface area contributed by atoms with Gasteiger partial charge in [0.15, 0.2) is 5.78 Å². The molecule has 2 aromatic carbocycles. The van der Waals surface area contributed by atoms with Crippen molar-refractivity contribution < 1.29 is 14.4 Å². The lowest BCUT2D eigenvalue weighted by Gasteiger charge is -2.22. The third kappa shape index (κ3) is 3.96. The molecule has 7 heteroatoms. The molecule has 0 heterocycles. The molecule has 2 rings (SSSR count). The second-order valence-corrected chi connectivity index (χ2v) is 5.72. The highest BCUT2D eigenvalue weighted by molar-refractivity contribution is 6.38. The van der Waals surface area contributed by atoms with Gasteiger partial charge in [-0.3, -0.25) is 14.4 Å². The van der Waals surface area contributed by atoms with E-state index in [0.29, 0.717) is 10.6 Å². The molecule has 4 nitrogen and oxygen atoms in total. The number of rotatable bonds is 5. The van der Waals surface area contributed by atoms with Gasteiger partial charge in [0.05, 0.1) is 5.69 Å². The lowest BCUT2D eigenvalue weighted by Crippen LogP contribution is -2.39. The molecule has 2 amide bonds. The first-order valence-electron chi connectivity index (χ1n) is 6.86. The summed E-state index contributed by atoms with van der Waals surface area (Å²) in [5, 5.41) is 0.301. The fourth-order valence-electron chi connectivity index (χ4n) is 2.16. The number of imide groups is 1. The predicted molar refractivity (Wildman–Crippen MR) is 95.3 cm³/mol. The van der Waals surface area contributed by atoms with Crippen LogP contribution in [0.4, 0.5) is 5.69 Å². The van der Waals surface area contributed by atoms with E-state index >= 15 is 0 Å². The molecular formula is C17H12Cl3NO3. The quantitative estimate of drug-likeness (QED) is 0.580. The summed E-state index contributed by atoms with van der Waals surface area (Å²) >= 11 is 17.1. The number of carbonyl (C=O) groups excluding carboxylic acids is 3. The number of benzene rings is 2. The Morgan fingerprint density at radius 1 is 0.875 bits per heavy atom. The molecule has 0 saturated carbocycles. The smallest absolute Gasteiger partial charge is 0.248 e. The molecule has 0 spiro atoms. The maximum absolute atomic E-state index is 12.8. The van der Waals surface area contributed by atoms with Crippen molar-refractivity contribution in [2.24, 2.45) is 0 Å². The monoisotopic (exact) mass is 383 g/mol. The van der Waals surface area contributed by atoms with Crippen molar-refractivity contribution in [3.05, 3.63) is 64.7 Å². The lowest BCUT2D eigenvalue weighted by atomic mass is 10.0. The van der Waals surface area contributed by atoms with E-state index in [-0.39, 0.29) is 17.0 Å². The third-order valence-corrected chi connectivity index (χ3v) is 3.90. The molecule has 0 atom stereocenters. The van der Waals surface area contributed by atoms with Crippen molar-refractivity contribution in [3.63, 3.8) is 0 Å². The zero-order valence-corrected chi connectivity index (χ0v) is 14.6. The molecule has 0 saturated heterocycles. The zero-order valence-electron chi connectivity index (χ0n) is 12.3. The van der Waals surface area contributed by atoms with Gasteiger partial charge in [-0.15, -0.1) is 23.2 Å². The number of ketones is 1. The molecule has 0 radical (unpaired) electrons. The van der Waals surface area contributed by atoms with Crippen molar-refractivity contribution in [2.45, 2.75) is 0 Å². The summed E-state index contributed by atoms with van der Waals surface area (Å²) in [6, 6.07) is 12.8. The van der Waals surface area contributed by atoms with Crippen LogP contribution >= 0.6 is 34.8 Å². The molecule has 0 N–H and O–H groups in total. The van der Waals surface area contributed by atoms with Crippen LogP contribution in [-0.4, -0.2) is 29.4 Å². The zero-order chi connectivity index (χ0) is 17.7. The number of hydrogen-bond donors (Lipinski definition) is 0. The van der Waals surface area contributed by atoms with Gasteiger partial charge in [-0.05, 0) is 18.2 Å². The fraction of sp³-hybridized carbons (Fsp3) is 0.118. The number of anilines is 1. The highest BCUT2D eigenvalue weighted by Crippen LogP contribution is 2.27. The summed E-state index contributed by atoms with van der Waals surface area (Å²) in [6.45, 7) is 0. The molecular weight excluding hydrogens is 373 g/mol. The molecule has 0 fully saturated rings. The molecule has 124 valence electrons. The first-order chi connectivity index (χ1) is 11.5. The number of halogens is 3. The van der Waals surface area contributed by atoms with E-state index < -0.39 is 23.6 Å². The van der Waals surface area contributed by atoms with Gasteiger partial charge in [0.2, 0.25) is 11.8 Å². The second-order valence-electron chi connectivity index (χ2n) is 4.75. The SMILES string of the molecule is O=C(c1ccccc1)c1cc(Cl)ccc1N(C(=O)CCl)C(=O)CCl. The van der Waals surface area contributed by atoms with Crippen LogP contribution in [0.3, 0.4) is 0 Å². The van der Waals surface area contributed by atoms with Gasteiger partial charge in [0, 0.05) is 16.1 Å². The average molecular weight is 385 g/mol. The number of amides is 2. The van der Waals surface area contributed by atoms with Crippen molar-refractivity contribution in [1.82, 2.24) is 0 Å². The van der Waals surface area contributed by atoms with E-state index in [2.05, 4.69) is 0 Å². The van der Waals surface area contributed by atoms with E-state index in [1.807, 2.05) is 0 Å². The van der Waals surface area contributed by atoms with Crippen LogP contribution in [0.1, 0.15) is 15.9 Å². The maximum Gasteiger partial charge on any atom is 0.248 e. The van der Waals surface area contributed by atoms with Gasteiger partial charge in [-0.1, -0.05) is 41.9 Å². The van der Waals surface area contributed by atoms with Crippen molar-refractivity contribution in [3.8, 4) is 0 Å². The van der Waals surface area contributed by atoms with Crippen LogP contribution < -0.4 is 4.90 Å². The molecule has 0 aliphatic rings. The number of carbonyl (C=O) groups is 3. The highest BCUT2D eigenvalue weighted by Gasteiger charge is 2.27. The van der Waals surface area contributed by atoms with E-state index in [9.17, 15) is 14.4 Å². The van der Waals surface area contributed by atoms with Crippen molar-refractivity contribution in [2.75, 3.05) is 16.7 Å². The van der Waals surface area contributed by atoms with Crippen LogP contribution in [0.15, 0.2) is 48.5 Å². The number of nitrogens with zero attached hydrogens (tertiary/aromatic N) is 1. The second kappa shape index (κ2) is 8.29. The molecule has 24 heavy (non-hydrogen) atoms. The lowest BCUT2D eigenvalue weighted by molar-refractivity contribution is -0.123. The van der Waals surface area contributed by atoms with Crippen LogP contribution in [0, 0.1) is 0 Å². The van der Waals surface area contributed by atoms with E-state index in [4.69, 9.17) is 34.8 Å². The summed E-state index contributed by atoms with van der Waals surface area (Å²) in [5.41, 5.74) is 0.618. The third-order valence-electron chi connectivity index (χ3n) is 3.21. The molecule has 0 aliphatic carbocycles. The summed E-state index contributed by atoms with van der Waals surface area (Å²) < 4.78 is 0. The first kappa shape index (κ1) is 18.5. The topological polar surface area (TPSA) is 54.5 Å². The van der Waals surface area contributed by atoms with Crippen LogP contribution in [0.2, 0.25) is 5.02 Å². The number of hydrogen-bond acceptors (Lipinski definition) is 3. The average Bonchev–Trinajstić information content (AvgIpc) is 2.62. The molecule has 2 aromatic rings. The standard InChI is InChI=1S/C17H12Cl3NO3/c18-9-15(22)21(16(23)10-19)14-7-6-12(20)8-13(14)17(24)11-4-2-1-3-5-11/h1-8H,9-10H2. The Hall–Kier alpha value is -1.88. The van der Waals surface area contributed by atoms with Gasteiger partial charge >= 0.3 is 0 Å². The number of alkyl halides is 2. The highest BCUT2D eigenvalue weighted by atomic mass is 35.5. The predicted octanol–water partition coefficient (Wildman–Crippen LogP) is 3.91. The Labute approximate surface area is 153 Å². The van der Waals surface area contributed by atoms with E-state index in [1.165, 1.54) is 18.2 Å². The molecule has 0 aliphatic heterocycles. The summed E-state index contributed by atoms with van der Waals surface area (Å²) in [4.78, 5) is 37.7. The summed E-state index contributed by atoms with van der Waals surface area (Å²) in [7, 11) is 0. The Morgan fingerprint density at radius 3 is 2.00 bits per heavy atom. The Kier molecular flexibility index (Phi) is 6.37. The minimum absolute atomic E-state index is 0.101. The minimum Gasteiger partial charge on any atom is -0.289 e. The Bertz CT molecular complexity index is 762. The fourth-order valence-corrected chi connectivity index (χ4v) is 2.57. The van der Waals surface area contributed by atoms with Crippen LogP contribution in [0.25, 0.3) is 0 Å². The maximum atomic E-state index is 12.8. The van der Waals surface area contributed by atoms with Crippen molar-refractivity contribution >= 4 is 58.1 Å². The molecule has 0 aromatic heterocycles. The Balaban J connectivity index is 2.60. The van der Waals surface area contributed by atoms with E-state index in [1.54, 1.807) is 30.3 Å². The minimum atomic E-state index is -0.674. The molecule has 0 unspecified atom stereocenters. The van der Waals surface area contributed by atoms with Crippen molar-refractivity contribution in [1.29, 1.82) is 0 Å². The van der Waals surface area contributed by atoms with Crippen LogP contribution in [-0.2, 0) is 9.59 Å². The van der Waals surface area contributed by atoms with Gasteiger partial charge in [-0.2, -0.15) is 0 Å². The van der Waals surface area contributed by atoms with Crippen LogP contribution in [0.5, 0.6) is 0 Å². The van der Waals surface area contributed by atoms with Gasteiger partial charge in [0.1, 0.15) is 11.8 Å². The molecule has 0 bridgehead atoms. The van der Waals surface area contributed by atoms with E-state index in [0.717, 1.165) is 4.90 Å². The normalized spacial score (nSPS) is 10.3.